The first-order valence-electron chi connectivity index (χ1n) is 9.91. The van der Waals surface area contributed by atoms with Gasteiger partial charge >= 0.3 is 0 Å². The van der Waals surface area contributed by atoms with Crippen LogP contribution in [-0.2, 0) is 10.0 Å². The second-order valence-electron chi connectivity index (χ2n) is 7.15. The third kappa shape index (κ3) is 4.73. The third-order valence-electron chi connectivity index (χ3n) is 4.92. The summed E-state index contributed by atoms with van der Waals surface area (Å²) in [6, 6.07) is 34.1. The molecule has 31 heavy (non-hydrogen) atoms. The van der Waals surface area contributed by atoms with E-state index in [-0.39, 0.29) is 4.90 Å². The molecule has 4 aromatic rings. The van der Waals surface area contributed by atoms with Crippen LogP contribution in [-0.4, -0.2) is 14.1 Å². The lowest BCUT2D eigenvalue weighted by molar-refractivity contribution is 0.584. The summed E-state index contributed by atoms with van der Waals surface area (Å²) in [7, 11) is -3.80. The Morgan fingerprint density at radius 3 is 1.97 bits per heavy atom. The second kappa shape index (κ2) is 8.98. The highest BCUT2D eigenvalue weighted by molar-refractivity contribution is 7.89. The van der Waals surface area contributed by atoms with Crippen LogP contribution in [0.2, 0.25) is 0 Å². The highest BCUT2D eigenvalue weighted by atomic mass is 32.2. The van der Waals surface area contributed by atoms with Gasteiger partial charge in [0, 0.05) is 11.1 Å². The lowest BCUT2D eigenvalue weighted by Crippen LogP contribution is -2.21. The summed E-state index contributed by atoms with van der Waals surface area (Å²) < 4.78 is 25.7. The van der Waals surface area contributed by atoms with E-state index in [4.69, 9.17) is 0 Å². The minimum absolute atomic E-state index is 0.172. The van der Waals surface area contributed by atoms with Crippen LogP contribution in [0.1, 0.15) is 16.7 Å². The molecule has 0 spiro atoms. The minimum atomic E-state index is -3.80. The van der Waals surface area contributed by atoms with Crippen LogP contribution in [0, 0.1) is 6.92 Å². The number of aryl methyl sites for hydroxylation is 1. The van der Waals surface area contributed by atoms with E-state index >= 15 is 0 Å². The Labute approximate surface area is 183 Å². The first kappa shape index (κ1) is 20.6. The number of benzene rings is 4. The van der Waals surface area contributed by atoms with Gasteiger partial charge in [-0.1, -0.05) is 103 Å². The van der Waals surface area contributed by atoms with Gasteiger partial charge < -0.3 is 0 Å². The van der Waals surface area contributed by atoms with Crippen molar-refractivity contribution in [1.29, 1.82) is 0 Å². The van der Waals surface area contributed by atoms with Crippen molar-refractivity contribution in [3.05, 3.63) is 126 Å². The molecule has 0 bridgehead atoms. The summed E-state index contributed by atoms with van der Waals surface area (Å²) in [5, 5.41) is 4.40. The zero-order valence-electron chi connectivity index (χ0n) is 17.1. The zero-order valence-corrected chi connectivity index (χ0v) is 17.9. The van der Waals surface area contributed by atoms with E-state index in [1.807, 2.05) is 91.9 Å². The predicted molar refractivity (Wildman–Crippen MR) is 125 cm³/mol. The van der Waals surface area contributed by atoms with Crippen LogP contribution in [0.25, 0.3) is 11.1 Å². The van der Waals surface area contributed by atoms with Crippen molar-refractivity contribution in [2.24, 2.45) is 5.10 Å². The average molecular weight is 427 g/mol. The van der Waals surface area contributed by atoms with E-state index in [1.165, 1.54) is 0 Å². The van der Waals surface area contributed by atoms with Crippen molar-refractivity contribution < 1.29 is 8.42 Å². The molecule has 5 heteroatoms. The summed E-state index contributed by atoms with van der Waals surface area (Å²) >= 11 is 0. The Bertz CT molecular complexity index is 1300. The topological polar surface area (TPSA) is 58.5 Å². The molecule has 0 atom stereocenters. The summed E-state index contributed by atoms with van der Waals surface area (Å²) in [5.41, 5.74) is 5.20. The van der Waals surface area contributed by atoms with Crippen molar-refractivity contribution in [3.63, 3.8) is 0 Å². The SMILES string of the molecule is Cc1ccc(S(=O)(=O)N/N=C(\c2ccccc2)c2ccccc2-c2ccccc2)cc1. The summed E-state index contributed by atoms with van der Waals surface area (Å²) in [5.74, 6) is 0. The molecule has 0 radical (unpaired) electrons. The molecule has 0 aliphatic heterocycles. The zero-order chi connectivity index (χ0) is 21.7. The Morgan fingerprint density at radius 1 is 0.710 bits per heavy atom. The van der Waals surface area contributed by atoms with Crippen molar-refractivity contribution >= 4 is 15.7 Å². The second-order valence-corrected chi connectivity index (χ2v) is 8.81. The molecular weight excluding hydrogens is 404 g/mol. The largest absolute Gasteiger partial charge is 0.276 e. The molecule has 0 heterocycles. The summed E-state index contributed by atoms with van der Waals surface area (Å²) in [6.07, 6.45) is 0. The molecule has 154 valence electrons. The number of nitrogens with one attached hydrogen (secondary N) is 1. The van der Waals surface area contributed by atoms with Gasteiger partial charge in [-0.15, -0.1) is 0 Å². The summed E-state index contributed by atoms with van der Waals surface area (Å²) in [6.45, 7) is 1.91. The molecule has 0 saturated carbocycles. The van der Waals surface area contributed by atoms with Crippen LogP contribution in [0.3, 0.4) is 0 Å². The van der Waals surface area contributed by atoms with Crippen LogP contribution in [0.4, 0.5) is 0 Å². The van der Waals surface area contributed by atoms with Crippen LogP contribution >= 0.6 is 0 Å². The van der Waals surface area contributed by atoms with E-state index in [0.717, 1.165) is 27.8 Å². The standard InChI is InChI=1S/C26H22N2O2S/c1-20-16-18-23(19-17-20)31(29,30)28-27-26(22-12-6-3-7-13-22)25-15-9-8-14-24(25)21-10-4-2-5-11-21/h2-19,28H,1H3/b27-26+. The number of hydrogen-bond donors (Lipinski definition) is 1. The quantitative estimate of drug-likeness (QED) is 0.332. The van der Waals surface area contributed by atoms with Crippen LogP contribution in [0.5, 0.6) is 0 Å². The Hall–Kier alpha value is -3.70. The maximum atomic E-state index is 12.8. The highest BCUT2D eigenvalue weighted by Crippen LogP contribution is 2.26. The number of sulfonamides is 1. The lowest BCUT2D eigenvalue weighted by Gasteiger charge is -2.14. The van der Waals surface area contributed by atoms with E-state index in [2.05, 4.69) is 9.93 Å². The fourth-order valence-electron chi connectivity index (χ4n) is 3.31. The molecule has 0 fully saturated rings. The first-order chi connectivity index (χ1) is 15.0. The molecule has 0 aromatic heterocycles. The molecule has 1 N–H and O–H groups in total. The Kier molecular flexibility index (Phi) is 5.96. The molecule has 4 nitrogen and oxygen atoms in total. The van der Waals surface area contributed by atoms with E-state index in [0.29, 0.717) is 5.71 Å². The van der Waals surface area contributed by atoms with Gasteiger partial charge in [-0.25, -0.2) is 0 Å². The molecule has 4 aromatic carbocycles. The van der Waals surface area contributed by atoms with Gasteiger partial charge in [-0.05, 0) is 30.2 Å². The fraction of sp³-hybridized carbons (Fsp3) is 0.0385. The van der Waals surface area contributed by atoms with Gasteiger partial charge in [0.25, 0.3) is 10.0 Å². The first-order valence-corrected chi connectivity index (χ1v) is 11.4. The van der Waals surface area contributed by atoms with Crippen LogP contribution in [0.15, 0.2) is 119 Å². The van der Waals surface area contributed by atoms with Gasteiger partial charge in [0.15, 0.2) is 0 Å². The fourth-order valence-corrected chi connectivity index (χ4v) is 4.12. The lowest BCUT2D eigenvalue weighted by atomic mass is 9.93. The molecule has 0 aliphatic rings. The van der Waals surface area contributed by atoms with E-state index in [1.54, 1.807) is 24.3 Å². The normalized spacial score (nSPS) is 11.8. The molecule has 0 aliphatic carbocycles. The highest BCUT2D eigenvalue weighted by Gasteiger charge is 2.16. The summed E-state index contributed by atoms with van der Waals surface area (Å²) in [4.78, 5) is 2.60. The number of hydrogen-bond acceptors (Lipinski definition) is 3. The van der Waals surface area contributed by atoms with Crippen molar-refractivity contribution in [2.45, 2.75) is 11.8 Å². The molecule has 0 saturated heterocycles. The maximum Gasteiger partial charge on any atom is 0.276 e. The van der Waals surface area contributed by atoms with Gasteiger partial charge in [0.05, 0.1) is 10.6 Å². The van der Waals surface area contributed by atoms with E-state index in [9.17, 15) is 8.42 Å². The monoisotopic (exact) mass is 426 g/mol. The Balaban J connectivity index is 1.81. The van der Waals surface area contributed by atoms with Crippen LogP contribution < -0.4 is 4.83 Å². The maximum absolute atomic E-state index is 12.8. The predicted octanol–water partition coefficient (Wildman–Crippen LogP) is 5.39. The molecule has 0 amide bonds. The number of hydrazone groups is 1. The Morgan fingerprint density at radius 2 is 1.29 bits per heavy atom. The van der Waals surface area contributed by atoms with E-state index < -0.39 is 10.0 Å². The van der Waals surface area contributed by atoms with Crippen molar-refractivity contribution in [2.75, 3.05) is 0 Å². The van der Waals surface area contributed by atoms with Crippen molar-refractivity contribution in [3.8, 4) is 11.1 Å². The van der Waals surface area contributed by atoms with Crippen molar-refractivity contribution in [1.82, 2.24) is 4.83 Å². The average Bonchev–Trinajstić information content (AvgIpc) is 2.81. The molecular formula is C26H22N2O2S. The van der Waals surface area contributed by atoms with Gasteiger partial charge in [0.1, 0.15) is 0 Å². The minimum Gasteiger partial charge on any atom is -0.200 e. The smallest absolute Gasteiger partial charge is 0.200 e. The molecule has 4 rings (SSSR count). The third-order valence-corrected chi connectivity index (χ3v) is 6.15. The molecule has 0 unspecified atom stereocenters. The number of nitrogens with zero attached hydrogens (tertiary/aromatic N) is 1. The van der Waals surface area contributed by atoms with Gasteiger partial charge in [0.2, 0.25) is 0 Å². The van der Waals surface area contributed by atoms with Gasteiger partial charge in [-0.2, -0.15) is 18.4 Å². The van der Waals surface area contributed by atoms with Gasteiger partial charge in [-0.3, -0.25) is 0 Å². The number of rotatable bonds is 6.